The lowest BCUT2D eigenvalue weighted by atomic mass is 9.65. The number of hydrogen-bond acceptors (Lipinski definition) is 2. The lowest BCUT2D eigenvalue weighted by Gasteiger charge is -2.33. The Morgan fingerprint density at radius 3 is 2.48 bits per heavy atom. The van der Waals surface area contributed by atoms with Gasteiger partial charge in [-0.2, -0.15) is 0 Å². The molecule has 1 spiro atoms. The molecule has 4 rings (SSSR count). The summed E-state index contributed by atoms with van der Waals surface area (Å²) in [6.07, 6.45) is 0. The van der Waals surface area contributed by atoms with Crippen molar-refractivity contribution in [1.29, 1.82) is 0 Å². The van der Waals surface area contributed by atoms with Gasteiger partial charge < -0.3 is 4.90 Å². The molecular weight excluding hydrogens is 332 g/mol. The first kappa shape index (κ1) is 16.3. The molecule has 0 saturated carbocycles. The minimum absolute atomic E-state index is 0.0477. The van der Waals surface area contributed by atoms with E-state index in [1.165, 1.54) is 0 Å². The summed E-state index contributed by atoms with van der Waals surface area (Å²) in [4.78, 5) is 20.4. The van der Waals surface area contributed by atoms with Crippen LogP contribution < -0.4 is 4.90 Å². The Morgan fingerprint density at radius 2 is 1.80 bits per heavy atom. The second-order valence-electron chi connectivity index (χ2n) is 7.96. The minimum Gasteiger partial charge on any atom is -0.313 e. The Hall–Kier alpha value is -2.13. The molecule has 0 saturated heterocycles. The summed E-state index contributed by atoms with van der Waals surface area (Å²) in [5.74, 6) is 0.0477. The van der Waals surface area contributed by atoms with Crippen molar-refractivity contribution in [3.05, 3.63) is 58.1 Å². The zero-order chi connectivity index (χ0) is 18.1. The SMILES string of the molecule is Cc1cc(Cl)cc2c1N(C)C(=O)C21C(C(C)(C)C)=Nc2ccccc21. The summed E-state index contributed by atoms with van der Waals surface area (Å²) in [5.41, 5.74) is 4.48. The lowest BCUT2D eigenvalue weighted by Crippen LogP contribution is -2.48. The molecule has 0 aromatic heterocycles. The van der Waals surface area contributed by atoms with Crippen LogP contribution in [0.1, 0.15) is 37.5 Å². The molecule has 0 radical (unpaired) electrons. The van der Waals surface area contributed by atoms with Gasteiger partial charge in [-0.15, -0.1) is 0 Å². The van der Waals surface area contributed by atoms with Crippen LogP contribution in [-0.4, -0.2) is 18.7 Å². The summed E-state index contributed by atoms with van der Waals surface area (Å²) in [6.45, 7) is 8.34. The molecule has 25 heavy (non-hydrogen) atoms. The molecule has 0 N–H and O–H groups in total. The molecule has 2 aromatic rings. The van der Waals surface area contributed by atoms with Crippen molar-refractivity contribution in [2.45, 2.75) is 33.1 Å². The Kier molecular flexibility index (Phi) is 3.24. The van der Waals surface area contributed by atoms with E-state index in [2.05, 4.69) is 20.8 Å². The Morgan fingerprint density at radius 1 is 1.12 bits per heavy atom. The lowest BCUT2D eigenvalue weighted by molar-refractivity contribution is -0.119. The normalized spacial score (nSPS) is 21.6. The smallest absolute Gasteiger partial charge is 0.247 e. The van der Waals surface area contributed by atoms with Crippen LogP contribution >= 0.6 is 11.6 Å². The number of carbonyl (C=O) groups excluding carboxylic acids is 1. The highest BCUT2D eigenvalue weighted by Gasteiger charge is 2.60. The molecule has 2 heterocycles. The van der Waals surface area contributed by atoms with Crippen molar-refractivity contribution in [1.82, 2.24) is 0 Å². The van der Waals surface area contributed by atoms with Gasteiger partial charge in [0.2, 0.25) is 5.91 Å². The number of halogens is 1. The molecule has 128 valence electrons. The van der Waals surface area contributed by atoms with Crippen molar-refractivity contribution in [2.75, 3.05) is 11.9 Å². The number of fused-ring (bicyclic) bond motifs is 4. The third kappa shape index (κ3) is 1.93. The zero-order valence-corrected chi connectivity index (χ0v) is 15.9. The molecule has 1 atom stereocenters. The van der Waals surface area contributed by atoms with Crippen LogP contribution in [0.2, 0.25) is 5.02 Å². The van der Waals surface area contributed by atoms with Crippen LogP contribution in [0, 0.1) is 12.3 Å². The highest BCUT2D eigenvalue weighted by molar-refractivity contribution is 6.33. The molecule has 0 fully saturated rings. The van der Waals surface area contributed by atoms with E-state index in [4.69, 9.17) is 16.6 Å². The fourth-order valence-corrected chi connectivity index (χ4v) is 4.65. The van der Waals surface area contributed by atoms with E-state index in [0.717, 1.165) is 33.8 Å². The standard InChI is InChI=1S/C21H21ClN2O/c1-12-10-13(22)11-15-17(12)24(5)19(25)21(15)14-8-6-7-9-16(14)23-18(21)20(2,3)4/h6-11H,1-5H3. The van der Waals surface area contributed by atoms with Gasteiger partial charge in [-0.1, -0.05) is 50.6 Å². The fraction of sp³-hybridized carbons (Fsp3) is 0.333. The van der Waals surface area contributed by atoms with Crippen molar-refractivity contribution in [3.8, 4) is 0 Å². The maximum absolute atomic E-state index is 13.7. The van der Waals surface area contributed by atoms with Gasteiger partial charge in [0.05, 0.1) is 11.4 Å². The van der Waals surface area contributed by atoms with Gasteiger partial charge in [0.25, 0.3) is 0 Å². The average molecular weight is 353 g/mol. The topological polar surface area (TPSA) is 32.7 Å². The third-order valence-electron chi connectivity index (χ3n) is 5.24. The number of rotatable bonds is 0. The first-order chi connectivity index (χ1) is 11.7. The van der Waals surface area contributed by atoms with Gasteiger partial charge in [-0.3, -0.25) is 9.79 Å². The predicted octanol–water partition coefficient (Wildman–Crippen LogP) is 5.04. The second-order valence-corrected chi connectivity index (χ2v) is 8.40. The molecule has 1 amide bonds. The number of likely N-dealkylation sites (N-methyl/N-ethyl adjacent to an activating group) is 1. The number of nitrogens with zero attached hydrogens (tertiary/aromatic N) is 2. The van der Waals surface area contributed by atoms with E-state index in [-0.39, 0.29) is 11.3 Å². The summed E-state index contributed by atoms with van der Waals surface area (Å²) in [7, 11) is 1.85. The van der Waals surface area contributed by atoms with E-state index in [9.17, 15) is 4.79 Å². The van der Waals surface area contributed by atoms with Gasteiger partial charge in [0.1, 0.15) is 5.41 Å². The molecule has 2 aliphatic rings. The van der Waals surface area contributed by atoms with Gasteiger partial charge in [-0.05, 0) is 30.7 Å². The van der Waals surface area contributed by atoms with Crippen LogP contribution in [0.3, 0.4) is 0 Å². The largest absolute Gasteiger partial charge is 0.313 e. The average Bonchev–Trinajstić information content (AvgIpc) is 2.98. The minimum atomic E-state index is -0.880. The first-order valence-electron chi connectivity index (χ1n) is 8.47. The van der Waals surface area contributed by atoms with E-state index < -0.39 is 5.41 Å². The number of hydrogen-bond donors (Lipinski definition) is 0. The van der Waals surface area contributed by atoms with Crippen LogP contribution in [-0.2, 0) is 10.2 Å². The van der Waals surface area contributed by atoms with E-state index in [1.807, 2.05) is 50.4 Å². The van der Waals surface area contributed by atoms with E-state index in [1.54, 1.807) is 4.90 Å². The Balaban J connectivity index is 2.17. The molecule has 0 aliphatic carbocycles. The number of amides is 1. The second kappa shape index (κ2) is 4.95. The van der Waals surface area contributed by atoms with Gasteiger partial charge >= 0.3 is 0 Å². The van der Waals surface area contributed by atoms with Gasteiger partial charge in [0, 0.05) is 34.3 Å². The predicted molar refractivity (Wildman–Crippen MR) is 103 cm³/mol. The summed E-state index contributed by atoms with van der Waals surface area (Å²) >= 11 is 6.41. The molecule has 3 nitrogen and oxygen atoms in total. The molecule has 2 aliphatic heterocycles. The summed E-state index contributed by atoms with van der Waals surface area (Å²) < 4.78 is 0. The van der Waals surface area contributed by atoms with Crippen molar-refractivity contribution in [2.24, 2.45) is 10.4 Å². The Labute approximate surface area is 153 Å². The van der Waals surface area contributed by atoms with Crippen molar-refractivity contribution in [3.63, 3.8) is 0 Å². The monoisotopic (exact) mass is 352 g/mol. The highest BCUT2D eigenvalue weighted by atomic mass is 35.5. The van der Waals surface area contributed by atoms with Crippen LogP contribution in [0.15, 0.2) is 41.4 Å². The maximum Gasteiger partial charge on any atom is 0.247 e. The molecule has 4 heteroatoms. The summed E-state index contributed by atoms with van der Waals surface area (Å²) in [6, 6.07) is 11.8. The number of benzene rings is 2. The van der Waals surface area contributed by atoms with E-state index in [0.29, 0.717) is 5.02 Å². The van der Waals surface area contributed by atoms with Crippen LogP contribution in [0.25, 0.3) is 0 Å². The number of aliphatic imine (C=N–C) groups is 1. The molecule has 2 aromatic carbocycles. The number of aryl methyl sites for hydroxylation is 1. The fourth-order valence-electron chi connectivity index (χ4n) is 4.37. The first-order valence-corrected chi connectivity index (χ1v) is 8.84. The molecular formula is C21H21ClN2O. The Bertz CT molecular complexity index is 955. The number of carbonyl (C=O) groups is 1. The molecule has 0 bridgehead atoms. The zero-order valence-electron chi connectivity index (χ0n) is 15.1. The van der Waals surface area contributed by atoms with Crippen molar-refractivity contribution >= 4 is 34.6 Å². The maximum atomic E-state index is 13.7. The van der Waals surface area contributed by atoms with Crippen molar-refractivity contribution < 1.29 is 4.79 Å². The molecule has 1 unspecified atom stereocenters. The van der Waals surface area contributed by atoms with Gasteiger partial charge in [0.15, 0.2) is 0 Å². The number of para-hydroxylation sites is 1. The quantitative estimate of drug-likeness (QED) is 0.653. The number of anilines is 1. The van der Waals surface area contributed by atoms with Crippen LogP contribution in [0.4, 0.5) is 11.4 Å². The van der Waals surface area contributed by atoms with Gasteiger partial charge in [-0.25, -0.2) is 0 Å². The van der Waals surface area contributed by atoms with E-state index >= 15 is 0 Å². The third-order valence-corrected chi connectivity index (χ3v) is 5.45. The summed E-state index contributed by atoms with van der Waals surface area (Å²) in [5, 5.41) is 0.649. The van der Waals surface area contributed by atoms with Crippen LogP contribution in [0.5, 0.6) is 0 Å². The highest BCUT2D eigenvalue weighted by Crippen LogP contribution is 2.56.